The average Bonchev–Trinajstić information content (AvgIpc) is 2.55. The van der Waals surface area contributed by atoms with Crippen molar-refractivity contribution in [3.63, 3.8) is 0 Å². The minimum absolute atomic E-state index is 0.0207. The number of hydrogen-bond acceptors (Lipinski definition) is 4. The van der Waals surface area contributed by atoms with Gasteiger partial charge in [-0.05, 0) is 19.1 Å². The molecule has 0 amide bonds. The molecule has 0 N–H and O–H groups in total. The summed E-state index contributed by atoms with van der Waals surface area (Å²) in [6.45, 7) is 2.32. The zero-order valence-corrected chi connectivity index (χ0v) is 12.0. The van der Waals surface area contributed by atoms with E-state index in [-0.39, 0.29) is 11.3 Å². The second-order valence-corrected chi connectivity index (χ2v) is 4.75. The van der Waals surface area contributed by atoms with Gasteiger partial charge < -0.3 is 9.15 Å². The molecule has 0 aliphatic heterocycles. The highest BCUT2D eigenvalue weighted by molar-refractivity contribution is 6.09. The molecule has 22 heavy (non-hydrogen) atoms. The third-order valence-electron chi connectivity index (χ3n) is 3.30. The second-order valence-electron chi connectivity index (χ2n) is 4.75. The van der Waals surface area contributed by atoms with Gasteiger partial charge in [-0.15, -0.1) is 0 Å². The molecule has 0 bridgehead atoms. The molecule has 3 rings (SSSR count). The molecule has 2 aromatic carbocycles. The van der Waals surface area contributed by atoms with E-state index in [0.717, 1.165) is 0 Å². The van der Waals surface area contributed by atoms with E-state index < -0.39 is 5.63 Å². The smallest absolute Gasteiger partial charge is 0.347 e. The molecule has 0 spiro atoms. The van der Waals surface area contributed by atoms with Crippen molar-refractivity contribution in [3.8, 4) is 5.75 Å². The van der Waals surface area contributed by atoms with Crippen LogP contribution >= 0.6 is 0 Å². The van der Waals surface area contributed by atoms with Crippen LogP contribution in [0.5, 0.6) is 5.75 Å². The average molecular weight is 294 g/mol. The Morgan fingerprint density at radius 3 is 2.59 bits per heavy atom. The fourth-order valence-corrected chi connectivity index (χ4v) is 2.29. The Balaban J connectivity index is 2.15. The number of rotatable bonds is 4. The Bertz CT molecular complexity index is 878. The van der Waals surface area contributed by atoms with E-state index in [1.165, 1.54) is 0 Å². The zero-order chi connectivity index (χ0) is 15.5. The molecule has 110 valence electrons. The van der Waals surface area contributed by atoms with Gasteiger partial charge in [-0.25, -0.2) is 4.79 Å². The van der Waals surface area contributed by atoms with E-state index >= 15 is 0 Å². The second kappa shape index (κ2) is 5.85. The molecule has 0 aliphatic rings. The molecular formula is C18H14O4. The van der Waals surface area contributed by atoms with Gasteiger partial charge in [-0.1, -0.05) is 42.5 Å². The van der Waals surface area contributed by atoms with Crippen LogP contribution in [-0.2, 0) is 0 Å². The van der Waals surface area contributed by atoms with Gasteiger partial charge in [0.05, 0.1) is 6.61 Å². The van der Waals surface area contributed by atoms with Crippen LogP contribution < -0.4 is 10.4 Å². The molecule has 0 unspecified atom stereocenters. The Hall–Kier alpha value is -2.88. The number of carbonyl (C=O) groups excluding carboxylic acids is 1. The number of benzene rings is 2. The molecule has 0 radical (unpaired) electrons. The molecule has 4 nitrogen and oxygen atoms in total. The molecular weight excluding hydrogens is 280 g/mol. The molecule has 1 heterocycles. The Kier molecular flexibility index (Phi) is 3.74. The van der Waals surface area contributed by atoms with Gasteiger partial charge in [0.1, 0.15) is 5.56 Å². The summed E-state index contributed by atoms with van der Waals surface area (Å²) in [6, 6.07) is 15.5. The van der Waals surface area contributed by atoms with E-state index in [9.17, 15) is 9.59 Å². The molecule has 0 fully saturated rings. The first-order valence-electron chi connectivity index (χ1n) is 7.00. The first kappa shape index (κ1) is 14.1. The molecule has 4 heteroatoms. The van der Waals surface area contributed by atoms with Gasteiger partial charge in [0.15, 0.2) is 17.1 Å². The largest absolute Gasteiger partial charge is 0.490 e. The van der Waals surface area contributed by atoms with Crippen molar-refractivity contribution in [1.82, 2.24) is 0 Å². The lowest BCUT2D eigenvalue weighted by Crippen LogP contribution is -2.14. The van der Waals surface area contributed by atoms with Crippen LogP contribution in [0.2, 0.25) is 0 Å². The molecule has 0 saturated heterocycles. The third kappa shape index (κ3) is 2.51. The first-order chi connectivity index (χ1) is 10.7. The summed E-state index contributed by atoms with van der Waals surface area (Å²) in [5.41, 5.74) is 0.176. The Morgan fingerprint density at radius 2 is 1.86 bits per heavy atom. The van der Waals surface area contributed by atoms with Crippen molar-refractivity contribution >= 4 is 16.8 Å². The van der Waals surface area contributed by atoms with Crippen molar-refractivity contribution in [1.29, 1.82) is 0 Å². The van der Waals surface area contributed by atoms with Crippen LogP contribution in [0.25, 0.3) is 11.0 Å². The quantitative estimate of drug-likeness (QED) is 0.546. The lowest BCUT2D eigenvalue weighted by molar-refractivity contribution is 0.103. The predicted octanol–water partition coefficient (Wildman–Crippen LogP) is 3.42. The van der Waals surface area contributed by atoms with Crippen LogP contribution in [-0.4, -0.2) is 12.4 Å². The topological polar surface area (TPSA) is 56.5 Å². The van der Waals surface area contributed by atoms with E-state index in [2.05, 4.69) is 0 Å². The zero-order valence-electron chi connectivity index (χ0n) is 12.0. The number of para-hydroxylation sites is 1. The van der Waals surface area contributed by atoms with Crippen LogP contribution in [0.4, 0.5) is 0 Å². The fraction of sp³-hybridized carbons (Fsp3) is 0.111. The highest BCUT2D eigenvalue weighted by Crippen LogP contribution is 2.25. The van der Waals surface area contributed by atoms with Crippen LogP contribution in [0.1, 0.15) is 22.8 Å². The maximum absolute atomic E-state index is 12.4. The number of hydrogen-bond donors (Lipinski definition) is 0. The summed E-state index contributed by atoms with van der Waals surface area (Å²) in [5, 5.41) is 0.657. The van der Waals surface area contributed by atoms with E-state index in [0.29, 0.717) is 28.9 Å². The minimum atomic E-state index is -0.659. The number of ketones is 1. The first-order valence-corrected chi connectivity index (χ1v) is 7.00. The molecule has 1 aromatic heterocycles. The maximum atomic E-state index is 12.4. The highest BCUT2D eigenvalue weighted by Gasteiger charge is 2.16. The van der Waals surface area contributed by atoms with Crippen LogP contribution in [0, 0.1) is 0 Å². The Morgan fingerprint density at radius 1 is 1.09 bits per heavy atom. The predicted molar refractivity (Wildman–Crippen MR) is 83.5 cm³/mol. The molecule has 0 aliphatic carbocycles. The molecule has 0 saturated carbocycles. The number of fused-ring (bicyclic) bond motifs is 1. The van der Waals surface area contributed by atoms with Crippen molar-refractivity contribution in [2.24, 2.45) is 0 Å². The summed E-state index contributed by atoms with van der Waals surface area (Å²) in [5.74, 6) is 0.147. The van der Waals surface area contributed by atoms with Gasteiger partial charge in [-0.3, -0.25) is 4.79 Å². The summed E-state index contributed by atoms with van der Waals surface area (Å²) < 4.78 is 10.8. The monoisotopic (exact) mass is 294 g/mol. The van der Waals surface area contributed by atoms with Gasteiger partial charge in [-0.2, -0.15) is 0 Å². The van der Waals surface area contributed by atoms with Gasteiger partial charge in [0.2, 0.25) is 0 Å². The van der Waals surface area contributed by atoms with Gasteiger partial charge >= 0.3 is 5.63 Å². The normalized spacial score (nSPS) is 10.6. The van der Waals surface area contributed by atoms with Crippen molar-refractivity contribution in [3.05, 3.63) is 76.1 Å². The van der Waals surface area contributed by atoms with Crippen molar-refractivity contribution in [2.75, 3.05) is 6.61 Å². The van der Waals surface area contributed by atoms with Gasteiger partial charge in [0.25, 0.3) is 0 Å². The summed E-state index contributed by atoms with van der Waals surface area (Å²) >= 11 is 0. The van der Waals surface area contributed by atoms with E-state index in [4.69, 9.17) is 9.15 Å². The van der Waals surface area contributed by atoms with Crippen LogP contribution in [0.3, 0.4) is 0 Å². The molecule has 0 atom stereocenters. The SMILES string of the molecule is CCOc1cccc2cc(C(=O)c3ccccc3)c(=O)oc12. The Labute approximate surface area is 127 Å². The lowest BCUT2D eigenvalue weighted by Gasteiger charge is -2.07. The summed E-state index contributed by atoms with van der Waals surface area (Å²) in [7, 11) is 0. The summed E-state index contributed by atoms with van der Waals surface area (Å²) in [4.78, 5) is 24.6. The number of carbonyl (C=O) groups is 1. The lowest BCUT2D eigenvalue weighted by atomic mass is 10.0. The third-order valence-corrected chi connectivity index (χ3v) is 3.30. The van der Waals surface area contributed by atoms with Crippen molar-refractivity contribution < 1.29 is 13.9 Å². The maximum Gasteiger partial charge on any atom is 0.347 e. The summed E-state index contributed by atoms with van der Waals surface area (Å²) in [6.07, 6.45) is 0. The fourth-order valence-electron chi connectivity index (χ4n) is 2.29. The standard InChI is InChI=1S/C18H14O4/c1-2-21-15-10-6-9-13-11-14(18(20)22-17(13)15)16(19)12-7-4-3-5-8-12/h3-11H,2H2,1H3. The van der Waals surface area contributed by atoms with Gasteiger partial charge in [0, 0.05) is 10.9 Å². The van der Waals surface area contributed by atoms with E-state index in [1.54, 1.807) is 48.5 Å². The van der Waals surface area contributed by atoms with E-state index in [1.807, 2.05) is 13.0 Å². The molecule has 3 aromatic rings. The number of ether oxygens (including phenoxy) is 1. The minimum Gasteiger partial charge on any atom is -0.490 e. The van der Waals surface area contributed by atoms with Crippen molar-refractivity contribution in [2.45, 2.75) is 6.92 Å². The highest BCUT2D eigenvalue weighted by atomic mass is 16.5. The van der Waals surface area contributed by atoms with Crippen LogP contribution in [0.15, 0.2) is 63.8 Å².